The summed E-state index contributed by atoms with van der Waals surface area (Å²) in [5.41, 5.74) is -3.60. The van der Waals surface area contributed by atoms with Gasteiger partial charge in [-0.2, -0.15) is 0 Å². The van der Waals surface area contributed by atoms with Crippen molar-refractivity contribution in [3.8, 4) is 0 Å². The van der Waals surface area contributed by atoms with Crippen molar-refractivity contribution in [2.75, 3.05) is 27.7 Å². The molecular weight excluding hydrogens is 1000 g/mol. The van der Waals surface area contributed by atoms with E-state index in [-0.39, 0.29) is 50.3 Å². The van der Waals surface area contributed by atoms with Crippen LogP contribution in [0, 0.1) is 17.8 Å². The second-order valence-corrected chi connectivity index (χ2v) is 25.7. The summed E-state index contributed by atoms with van der Waals surface area (Å²) < 4.78 is 38.2. The molecule has 0 unspecified atom stereocenters. The largest absolute Gasteiger partial charge is 0.459 e. The third-order valence-corrected chi connectivity index (χ3v) is 19.3. The smallest absolute Gasteiger partial charge is 0.311 e. The number of carbonyl (C=O) groups excluding carboxylic acids is 2. The van der Waals surface area contributed by atoms with Gasteiger partial charge in [-0.25, -0.2) is 0 Å². The minimum Gasteiger partial charge on any atom is -0.459 e. The van der Waals surface area contributed by atoms with E-state index in [1.54, 1.807) is 53.4 Å². The van der Waals surface area contributed by atoms with Crippen LogP contribution in [-0.4, -0.2) is 165 Å². The van der Waals surface area contributed by atoms with Gasteiger partial charge in [0.2, 0.25) is 5.91 Å². The lowest BCUT2D eigenvalue weighted by molar-refractivity contribution is -0.318. The quantitative estimate of drug-likeness (QED) is 0.0604. The molecule has 3 aromatic rings. The maximum absolute atomic E-state index is 14.7. The Morgan fingerprint density at radius 1 is 0.792 bits per heavy atom. The van der Waals surface area contributed by atoms with E-state index in [0.717, 1.165) is 19.3 Å². The summed E-state index contributed by atoms with van der Waals surface area (Å²) >= 11 is 0. The molecule has 0 saturated carbocycles. The number of methoxy groups -OCH3 is 1. The van der Waals surface area contributed by atoms with Crippen molar-refractivity contribution < 1.29 is 63.5 Å². The van der Waals surface area contributed by atoms with Crippen LogP contribution in [-0.2, 0) is 44.4 Å². The number of likely N-dealkylation sites (N-methyl/N-ethyl adjacent to an activating group) is 1. The number of aliphatic hydroxyl groups is 5. The van der Waals surface area contributed by atoms with Crippen molar-refractivity contribution in [3.63, 3.8) is 0 Å². The van der Waals surface area contributed by atoms with Crippen LogP contribution in [0.4, 0.5) is 0 Å². The van der Waals surface area contributed by atoms with Crippen LogP contribution in [0.1, 0.15) is 126 Å². The molecule has 430 valence electrons. The summed E-state index contributed by atoms with van der Waals surface area (Å²) in [6.07, 6.45) is -6.29. The molecule has 18 atom stereocenters. The minimum atomic E-state index is -2.02. The van der Waals surface area contributed by atoms with E-state index in [2.05, 4.69) is 72.8 Å². The van der Waals surface area contributed by atoms with Gasteiger partial charge in [0.15, 0.2) is 12.6 Å². The Labute approximate surface area is 460 Å². The molecule has 0 aliphatic carbocycles. The van der Waals surface area contributed by atoms with E-state index < -0.39 is 110 Å². The van der Waals surface area contributed by atoms with E-state index in [1.165, 1.54) is 35.5 Å². The number of carbonyl (C=O) groups is 2. The zero-order chi connectivity index (χ0) is 56.6. The van der Waals surface area contributed by atoms with Crippen molar-refractivity contribution in [2.24, 2.45) is 17.8 Å². The van der Waals surface area contributed by atoms with E-state index in [1.807, 2.05) is 45.0 Å². The first-order valence-electron chi connectivity index (χ1n) is 28.1. The number of benzene rings is 3. The molecule has 3 heterocycles. The SMILES string of the molecule is CC[C@H]1OC(=O)[C@H](C)[C@@H](O[C@H]2C[C@@](C)(OC)[C@@H](O)[C@H](C)O2)[C@H](C)[C@@H](O[C@@H]2O[C@H](C)C[C@H](N(C)C)[C@H]2O)[C@](C)(O)C[C@@H](C)CN(C(=O)CCCCCc2ccc(P(c3ccccc3)c3ccccc3)cc2)[C@H](C)[C@@H](O)[C@]1(C)O. The summed E-state index contributed by atoms with van der Waals surface area (Å²) in [7, 11) is 4.54. The average molecular weight is 1090 g/mol. The Morgan fingerprint density at radius 3 is 1.96 bits per heavy atom. The molecule has 3 aliphatic heterocycles. The highest BCUT2D eigenvalue weighted by Gasteiger charge is 2.53. The first kappa shape index (κ1) is 62.8. The molecule has 0 bridgehead atoms. The van der Waals surface area contributed by atoms with Crippen LogP contribution in [0.15, 0.2) is 84.9 Å². The van der Waals surface area contributed by atoms with Crippen molar-refractivity contribution in [3.05, 3.63) is 90.5 Å². The van der Waals surface area contributed by atoms with Gasteiger partial charge in [0, 0.05) is 38.5 Å². The summed E-state index contributed by atoms with van der Waals surface area (Å²) in [4.78, 5) is 32.8. The second kappa shape index (κ2) is 27.4. The molecule has 0 aromatic heterocycles. The lowest BCUT2D eigenvalue weighted by atomic mass is 9.77. The van der Waals surface area contributed by atoms with Crippen LogP contribution < -0.4 is 15.9 Å². The Hall–Kier alpha value is -3.41. The predicted octanol–water partition coefficient (Wildman–Crippen LogP) is 6.36. The highest BCUT2D eigenvalue weighted by atomic mass is 31.1. The summed E-state index contributed by atoms with van der Waals surface area (Å²) in [6, 6.07) is 28.9. The Balaban J connectivity index is 1.25. The molecule has 5 N–H and O–H groups in total. The fourth-order valence-corrected chi connectivity index (χ4v) is 14.5. The van der Waals surface area contributed by atoms with Gasteiger partial charge in [-0.1, -0.05) is 112 Å². The van der Waals surface area contributed by atoms with Gasteiger partial charge >= 0.3 is 5.97 Å². The van der Waals surface area contributed by atoms with Gasteiger partial charge in [-0.05, 0) is 136 Å². The number of aliphatic hydroxyl groups excluding tert-OH is 3. The van der Waals surface area contributed by atoms with E-state index >= 15 is 0 Å². The maximum atomic E-state index is 14.7. The zero-order valence-corrected chi connectivity index (χ0v) is 49.1. The molecule has 16 heteroatoms. The highest BCUT2D eigenvalue weighted by Crippen LogP contribution is 2.41. The number of ether oxygens (including phenoxy) is 6. The van der Waals surface area contributed by atoms with Gasteiger partial charge in [-0.15, -0.1) is 0 Å². The van der Waals surface area contributed by atoms with Crippen molar-refractivity contribution in [1.82, 2.24) is 9.80 Å². The summed E-state index contributed by atoms with van der Waals surface area (Å²) in [5, 5.41) is 64.3. The average Bonchev–Trinajstić information content (AvgIpc) is 3.41. The minimum absolute atomic E-state index is 0.0614. The normalized spacial score (nSPS) is 37.0. The number of nitrogens with zero attached hydrogens (tertiary/aromatic N) is 2. The number of esters is 1. The summed E-state index contributed by atoms with van der Waals surface area (Å²) in [5.74, 6) is -3.33. The molecule has 0 radical (unpaired) electrons. The van der Waals surface area contributed by atoms with E-state index in [9.17, 15) is 35.1 Å². The third-order valence-electron chi connectivity index (χ3n) is 16.8. The van der Waals surface area contributed by atoms with Crippen molar-refractivity contribution in [2.45, 2.75) is 217 Å². The highest BCUT2D eigenvalue weighted by molar-refractivity contribution is 7.79. The molecular formula is C61H93N2O13P. The molecule has 1 amide bonds. The number of rotatable bonds is 16. The number of hydrogen-bond acceptors (Lipinski definition) is 14. The molecule has 3 aliphatic rings. The Kier molecular flexibility index (Phi) is 22.3. The Morgan fingerprint density at radius 2 is 1.39 bits per heavy atom. The zero-order valence-electron chi connectivity index (χ0n) is 48.2. The molecule has 3 aromatic carbocycles. The monoisotopic (exact) mass is 1090 g/mol. The number of unbranched alkanes of at least 4 members (excludes halogenated alkanes) is 2. The molecule has 6 rings (SSSR count). The molecule has 77 heavy (non-hydrogen) atoms. The number of amides is 1. The standard InChI is InChI=1S/C61H93N2O13P/c1-14-49-61(10,70)54(66)42(6)63(50(64)29-23-15-18-24-44-30-32-47(33-31-44)77(45-25-19-16-20-26-45)46-27-21-17-22-28-46)37-38(2)35-59(8,69)56(76-58-52(65)48(62(11)12)34-39(3)72-58)40(4)53(41(5)57(68)74-49)75-51-36-60(9,71-13)55(67)43(7)73-51/h16-17,19-22,25-28,30-33,38-43,48-49,51-56,58,65-67,69-70H,14-15,18,23-24,29,34-37H2,1-13H3/t38-,39-,40+,41-,42-,43+,48+,49-,51+,52-,53+,54-,55+,56-,58+,59-,60-,61-/m1/s1. The van der Waals surface area contributed by atoms with Gasteiger partial charge in [-0.3, -0.25) is 9.59 Å². The van der Waals surface area contributed by atoms with E-state index in [0.29, 0.717) is 12.8 Å². The van der Waals surface area contributed by atoms with Crippen LogP contribution in [0.3, 0.4) is 0 Å². The number of cyclic esters (lactones) is 1. The van der Waals surface area contributed by atoms with E-state index in [4.69, 9.17) is 28.4 Å². The van der Waals surface area contributed by atoms with Crippen LogP contribution in [0.25, 0.3) is 0 Å². The van der Waals surface area contributed by atoms with Gasteiger partial charge < -0.3 is 63.8 Å². The molecule has 3 fully saturated rings. The van der Waals surface area contributed by atoms with Gasteiger partial charge in [0.25, 0.3) is 0 Å². The van der Waals surface area contributed by atoms with Crippen LogP contribution >= 0.6 is 7.92 Å². The first-order valence-corrected chi connectivity index (χ1v) is 29.5. The third kappa shape index (κ3) is 15.3. The van der Waals surface area contributed by atoms with Crippen LogP contribution in [0.2, 0.25) is 0 Å². The van der Waals surface area contributed by atoms with Gasteiger partial charge in [0.1, 0.15) is 30.0 Å². The number of hydrogen-bond donors (Lipinski definition) is 5. The van der Waals surface area contributed by atoms with Crippen LogP contribution in [0.5, 0.6) is 0 Å². The first-order chi connectivity index (χ1) is 36.3. The molecule has 15 nitrogen and oxygen atoms in total. The lowest BCUT2D eigenvalue weighted by Crippen LogP contribution is -2.60. The lowest BCUT2D eigenvalue weighted by Gasteiger charge is -2.48. The molecule has 0 spiro atoms. The fraction of sp³-hybridized carbons (Fsp3) is 0.672. The predicted molar refractivity (Wildman–Crippen MR) is 301 cm³/mol. The Bertz CT molecular complexity index is 2250. The second-order valence-electron chi connectivity index (χ2n) is 23.5. The number of aryl methyl sites for hydroxylation is 1. The fourth-order valence-electron chi connectivity index (χ4n) is 12.2. The van der Waals surface area contributed by atoms with Crippen molar-refractivity contribution >= 4 is 35.7 Å². The van der Waals surface area contributed by atoms with Gasteiger partial charge in [0.05, 0.1) is 47.6 Å². The summed E-state index contributed by atoms with van der Waals surface area (Å²) in [6.45, 7) is 17.3. The maximum Gasteiger partial charge on any atom is 0.311 e. The van der Waals surface area contributed by atoms with Crippen molar-refractivity contribution in [1.29, 1.82) is 0 Å². The topological polar surface area (TPSA) is 197 Å². The molecule has 3 saturated heterocycles.